The van der Waals surface area contributed by atoms with Crippen LogP contribution in [0.3, 0.4) is 0 Å². The normalized spacial score (nSPS) is 10.5. The number of ketones is 1. The predicted octanol–water partition coefficient (Wildman–Crippen LogP) is 5.18. The Hall–Kier alpha value is -2.36. The third-order valence-corrected chi connectivity index (χ3v) is 3.32. The maximum absolute atomic E-state index is 13.4. The summed E-state index contributed by atoms with van der Waals surface area (Å²) >= 11 is 0. The fourth-order valence-corrected chi connectivity index (χ4v) is 2.43. The van der Waals surface area contributed by atoms with Crippen molar-refractivity contribution in [1.82, 2.24) is 4.98 Å². The molecule has 0 saturated carbocycles. The Bertz CT molecular complexity index is 909. The van der Waals surface area contributed by atoms with Crippen LogP contribution in [0.4, 0.5) is 4.39 Å². The molecule has 3 rings (SSSR count). The van der Waals surface area contributed by atoms with Crippen LogP contribution in [0.2, 0.25) is 0 Å². The minimum atomic E-state index is -0.347. The number of aryl methyl sites for hydroxylation is 1. The number of halogens is 1. The van der Waals surface area contributed by atoms with Gasteiger partial charge in [0, 0.05) is 38.2 Å². The molecule has 0 unspecified atom stereocenters. The van der Waals surface area contributed by atoms with Gasteiger partial charge in [0.2, 0.25) is 0 Å². The zero-order valence-corrected chi connectivity index (χ0v) is 17.1. The second-order valence-corrected chi connectivity index (χ2v) is 5.70. The smallest absolute Gasteiger partial charge is 0.155 e. The van der Waals surface area contributed by atoms with Crippen LogP contribution in [0.25, 0.3) is 22.0 Å². The molecule has 0 aliphatic rings. The Labute approximate surface area is 165 Å². The summed E-state index contributed by atoms with van der Waals surface area (Å²) in [7, 11) is 0. The summed E-state index contributed by atoms with van der Waals surface area (Å²) in [5.74, 6) is -0.410. The van der Waals surface area contributed by atoms with Crippen molar-refractivity contribution in [3.8, 4) is 11.3 Å². The number of benzene rings is 2. The topological polar surface area (TPSA) is 50.2 Å². The van der Waals surface area contributed by atoms with E-state index in [2.05, 4.69) is 11.1 Å². The minimum absolute atomic E-state index is 0. The quantitative estimate of drug-likeness (QED) is 0.283. The molecule has 0 fully saturated rings. The number of aliphatic hydroxyl groups excluding tert-OH is 1. The first-order chi connectivity index (χ1) is 11.9. The number of aliphatic hydroxyl groups is 1. The van der Waals surface area contributed by atoms with Gasteiger partial charge in [-0.1, -0.05) is 31.2 Å². The molecular weight excluding hydrogens is 509 g/mol. The molecule has 5 heteroatoms. The molecule has 0 aliphatic heterocycles. The maximum atomic E-state index is 13.4. The van der Waals surface area contributed by atoms with Crippen molar-refractivity contribution in [3.05, 3.63) is 77.9 Å². The number of fused-ring (bicyclic) bond motifs is 1. The number of hydrogen-bond donors (Lipinski definition) is 1. The van der Waals surface area contributed by atoms with Crippen LogP contribution in [0.1, 0.15) is 19.4 Å². The first kappa shape index (κ1) is 21.7. The molecule has 3 nitrogen and oxygen atoms in total. The zero-order chi connectivity index (χ0) is 18.4. The number of nitrogens with zero attached hydrogens (tertiary/aromatic N) is 1. The molecule has 26 heavy (non-hydrogen) atoms. The van der Waals surface area contributed by atoms with E-state index >= 15 is 0 Å². The molecule has 1 radical (unpaired) electrons. The standard InChI is InChI=1S/C16H11FN.C5H8O2.Ir/c1-11-8-13(10-14(17)9-11)16-15-5-3-2-4-12(15)6-7-18-16;1-4(6)3-5(2)7;/h2-9H,1H3;3,6H,1-2H3;/q-1;;/b;4-3-;. The van der Waals surface area contributed by atoms with E-state index < -0.39 is 0 Å². The largest absolute Gasteiger partial charge is 0.512 e. The second kappa shape index (κ2) is 9.95. The predicted molar refractivity (Wildman–Crippen MR) is 97.8 cm³/mol. The zero-order valence-electron chi connectivity index (χ0n) is 14.7. The minimum Gasteiger partial charge on any atom is -0.512 e. The van der Waals surface area contributed by atoms with Gasteiger partial charge in [0.1, 0.15) is 0 Å². The van der Waals surface area contributed by atoms with Gasteiger partial charge in [0.25, 0.3) is 0 Å². The molecule has 0 bridgehead atoms. The van der Waals surface area contributed by atoms with Crippen molar-refractivity contribution < 1.29 is 34.4 Å². The number of carbonyl (C=O) groups excluding carboxylic acids is 1. The third kappa shape index (κ3) is 6.17. The fourth-order valence-electron chi connectivity index (χ4n) is 2.43. The summed E-state index contributed by atoms with van der Waals surface area (Å²) < 4.78 is 13.4. The molecule has 137 valence electrons. The SMILES string of the molecule is CC(=O)/C=C(/C)O.Cc1cc(F)[c-]c(-c2nccc3ccccc23)c1.[Ir]. The summed E-state index contributed by atoms with van der Waals surface area (Å²) in [6, 6.07) is 16.0. The van der Waals surface area contributed by atoms with Crippen LogP contribution in [0, 0.1) is 18.8 Å². The molecule has 0 spiro atoms. The number of aromatic nitrogens is 1. The summed E-state index contributed by atoms with van der Waals surface area (Å²) in [5, 5.41) is 10.5. The molecule has 0 aliphatic carbocycles. The monoisotopic (exact) mass is 529 g/mol. The first-order valence-electron chi connectivity index (χ1n) is 7.78. The average molecular weight is 529 g/mol. The van der Waals surface area contributed by atoms with Crippen molar-refractivity contribution in [2.45, 2.75) is 20.8 Å². The van der Waals surface area contributed by atoms with Crippen LogP contribution in [-0.4, -0.2) is 15.9 Å². The number of pyridine rings is 1. The Kier molecular flexibility index (Phi) is 8.30. The number of rotatable bonds is 2. The molecule has 0 amide bonds. The van der Waals surface area contributed by atoms with Crippen molar-refractivity contribution >= 4 is 16.6 Å². The molecule has 0 atom stereocenters. The Morgan fingerprint density at radius 1 is 1.19 bits per heavy atom. The van der Waals surface area contributed by atoms with Gasteiger partial charge in [-0.3, -0.25) is 4.79 Å². The van der Waals surface area contributed by atoms with Gasteiger partial charge in [-0.2, -0.15) is 0 Å². The average Bonchev–Trinajstić information content (AvgIpc) is 2.52. The second-order valence-electron chi connectivity index (χ2n) is 5.70. The van der Waals surface area contributed by atoms with Gasteiger partial charge in [0.15, 0.2) is 5.78 Å². The van der Waals surface area contributed by atoms with Crippen molar-refractivity contribution in [1.29, 1.82) is 0 Å². The summed E-state index contributed by atoms with van der Waals surface area (Å²) in [4.78, 5) is 14.4. The third-order valence-electron chi connectivity index (χ3n) is 3.32. The summed E-state index contributed by atoms with van der Waals surface area (Å²) in [6.07, 6.45) is 2.91. The Balaban J connectivity index is 0.000000366. The van der Waals surface area contributed by atoms with Gasteiger partial charge >= 0.3 is 0 Å². The van der Waals surface area contributed by atoms with E-state index in [1.54, 1.807) is 6.20 Å². The van der Waals surface area contributed by atoms with Crippen molar-refractivity contribution in [2.75, 3.05) is 0 Å². The van der Waals surface area contributed by atoms with E-state index in [4.69, 9.17) is 5.11 Å². The first-order valence-corrected chi connectivity index (χ1v) is 7.78. The number of allylic oxidation sites excluding steroid dienone is 2. The summed E-state index contributed by atoms with van der Waals surface area (Å²) in [6.45, 7) is 4.71. The van der Waals surface area contributed by atoms with Gasteiger partial charge < -0.3 is 10.1 Å². The molecule has 2 aromatic carbocycles. The molecule has 0 saturated heterocycles. The van der Waals surface area contributed by atoms with E-state index in [-0.39, 0.29) is 37.5 Å². The maximum Gasteiger partial charge on any atom is 0.155 e. The van der Waals surface area contributed by atoms with Crippen LogP contribution in [0.5, 0.6) is 0 Å². The van der Waals surface area contributed by atoms with E-state index in [9.17, 15) is 9.18 Å². The Morgan fingerprint density at radius 2 is 1.88 bits per heavy atom. The van der Waals surface area contributed by atoms with Crippen LogP contribution in [0.15, 0.2) is 60.5 Å². The van der Waals surface area contributed by atoms with Gasteiger partial charge in [-0.05, 0) is 36.4 Å². The molecule has 3 aromatic rings. The van der Waals surface area contributed by atoms with E-state index in [1.165, 1.54) is 26.0 Å². The van der Waals surface area contributed by atoms with Crippen LogP contribution < -0.4 is 0 Å². The van der Waals surface area contributed by atoms with Crippen molar-refractivity contribution in [3.63, 3.8) is 0 Å². The molecule has 1 heterocycles. The number of carbonyl (C=O) groups is 1. The number of hydrogen-bond acceptors (Lipinski definition) is 3. The van der Waals surface area contributed by atoms with Crippen LogP contribution >= 0.6 is 0 Å². The van der Waals surface area contributed by atoms with Crippen LogP contribution in [-0.2, 0) is 24.9 Å². The Morgan fingerprint density at radius 3 is 2.46 bits per heavy atom. The van der Waals surface area contributed by atoms with Gasteiger partial charge in [-0.25, -0.2) is 4.39 Å². The van der Waals surface area contributed by atoms with Gasteiger partial charge in [-0.15, -0.1) is 29.3 Å². The van der Waals surface area contributed by atoms with E-state index in [1.807, 2.05) is 43.3 Å². The molecular formula is C21H19FIrNO2-. The van der Waals surface area contributed by atoms with E-state index in [0.717, 1.165) is 22.0 Å². The van der Waals surface area contributed by atoms with Gasteiger partial charge in [0.05, 0.1) is 5.76 Å². The fraction of sp³-hybridized carbons (Fsp3) is 0.143. The van der Waals surface area contributed by atoms with E-state index in [0.29, 0.717) is 5.56 Å². The van der Waals surface area contributed by atoms with Crippen molar-refractivity contribution in [2.24, 2.45) is 0 Å². The molecule has 1 aromatic heterocycles. The molecule has 1 N–H and O–H groups in total. The summed E-state index contributed by atoms with van der Waals surface area (Å²) in [5.41, 5.74) is 2.34.